The Bertz CT molecular complexity index is 191. The Hall–Kier alpha value is -0.0800. The van der Waals surface area contributed by atoms with E-state index in [1.807, 2.05) is 0 Å². The van der Waals surface area contributed by atoms with E-state index in [-0.39, 0.29) is 11.5 Å². The van der Waals surface area contributed by atoms with Gasteiger partial charge in [0.15, 0.2) is 0 Å². The Morgan fingerprint density at radius 2 is 2.00 bits per heavy atom. The van der Waals surface area contributed by atoms with Crippen LogP contribution >= 0.6 is 0 Å². The fourth-order valence-electron chi connectivity index (χ4n) is 2.02. The molecular formula is C12H25NO. The molecule has 4 atom stereocenters. The van der Waals surface area contributed by atoms with Crippen LogP contribution in [0.3, 0.4) is 0 Å². The molecule has 0 bridgehead atoms. The van der Waals surface area contributed by atoms with Crippen molar-refractivity contribution in [1.29, 1.82) is 0 Å². The molecule has 1 aliphatic carbocycles. The predicted molar refractivity (Wildman–Crippen MR) is 60.2 cm³/mol. The smallest absolute Gasteiger partial charge is 0.0621 e. The third-order valence-electron chi connectivity index (χ3n) is 4.18. The van der Waals surface area contributed by atoms with Gasteiger partial charge in [0, 0.05) is 17.5 Å². The molecule has 2 nitrogen and oxygen atoms in total. The lowest BCUT2D eigenvalue weighted by Crippen LogP contribution is -2.62. The number of aliphatic hydroxyl groups excluding tert-OH is 1. The summed E-state index contributed by atoms with van der Waals surface area (Å²) in [5, 5.41) is 13.2. The SMILES string of the molecule is CCC(C)C(C)NC1CC(O)C1(C)C. The predicted octanol–water partition coefficient (Wildman–Crippen LogP) is 2.17. The largest absolute Gasteiger partial charge is 0.392 e. The summed E-state index contributed by atoms with van der Waals surface area (Å²) in [4.78, 5) is 0. The van der Waals surface area contributed by atoms with Crippen LogP contribution in [0.15, 0.2) is 0 Å². The van der Waals surface area contributed by atoms with Crippen molar-refractivity contribution in [3.8, 4) is 0 Å². The molecule has 1 rings (SSSR count). The maximum atomic E-state index is 9.61. The maximum absolute atomic E-state index is 9.61. The first kappa shape index (κ1) is 12.0. The summed E-state index contributed by atoms with van der Waals surface area (Å²) in [6.45, 7) is 11.0. The van der Waals surface area contributed by atoms with Gasteiger partial charge in [0.2, 0.25) is 0 Å². The van der Waals surface area contributed by atoms with Crippen molar-refractivity contribution < 1.29 is 5.11 Å². The van der Waals surface area contributed by atoms with E-state index in [4.69, 9.17) is 0 Å². The fourth-order valence-corrected chi connectivity index (χ4v) is 2.02. The highest BCUT2D eigenvalue weighted by Gasteiger charge is 2.47. The number of hydrogen-bond acceptors (Lipinski definition) is 2. The average molecular weight is 199 g/mol. The lowest BCUT2D eigenvalue weighted by molar-refractivity contribution is -0.0770. The zero-order valence-electron chi connectivity index (χ0n) is 10.2. The minimum absolute atomic E-state index is 0.0573. The molecule has 84 valence electrons. The second-order valence-electron chi connectivity index (χ2n) is 5.47. The van der Waals surface area contributed by atoms with E-state index < -0.39 is 0 Å². The molecule has 2 heteroatoms. The molecule has 0 aliphatic heterocycles. The summed E-state index contributed by atoms with van der Waals surface area (Å²) < 4.78 is 0. The van der Waals surface area contributed by atoms with Crippen molar-refractivity contribution in [3.05, 3.63) is 0 Å². The zero-order valence-corrected chi connectivity index (χ0v) is 10.2. The first-order valence-corrected chi connectivity index (χ1v) is 5.83. The topological polar surface area (TPSA) is 32.3 Å². The summed E-state index contributed by atoms with van der Waals surface area (Å²) in [5.74, 6) is 0.712. The van der Waals surface area contributed by atoms with E-state index in [0.717, 1.165) is 6.42 Å². The summed E-state index contributed by atoms with van der Waals surface area (Å²) >= 11 is 0. The van der Waals surface area contributed by atoms with Crippen LogP contribution < -0.4 is 5.32 Å². The molecule has 0 radical (unpaired) electrons. The van der Waals surface area contributed by atoms with Crippen LogP contribution in [0.2, 0.25) is 0 Å². The first-order valence-electron chi connectivity index (χ1n) is 5.83. The molecule has 0 saturated heterocycles. The van der Waals surface area contributed by atoms with Gasteiger partial charge in [-0.25, -0.2) is 0 Å². The number of hydrogen-bond donors (Lipinski definition) is 2. The monoisotopic (exact) mass is 199 g/mol. The Morgan fingerprint density at radius 3 is 2.36 bits per heavy atom. The molecule has 0 aromatic heterocycles. The van der Waals surface area contributed by atoms with Gasteiger partial charge in [-0.1, -0.05) is 34.1 Å². The van der Waals surface area contributed by atoms with Crippen LogP contribution in [-0.2, 0) is 0 Å². The van der Waals surface area contributed by atoms with Crippen molar-refractivity contribution in [2.75, 3.05) is 0 Å². The fraction of sp³-hybridized carbons (Fsp3) is 1.00. The molecule has 0 spiro atoms. The Balaban J connectivity index is 2.39. The third kappa shape index (κ3) is 2.12. The van der Waals surface area contributed by atoms with Gasteiger partial charge >= 0.3 is 0 Å². The second-order valence-corrected chi connectivity index (χ2v) is 5.47. The van der Waals surface area contributed by atoms with Gasteiger partial charge in [-0.05, 0) is 19.3 Å². The Morgan fingerprint density at radius 1 is 1.43 bits per heavy atom. The molecule has 4 unspecified atom stereocenters. The number of aliphatic hydroxyl groups is 1. The van der Waals surface area contributed by atoms with Crippen molar-refractivity contribution in [2.24, 2.45) is 11.3 Å². The summed E-state index contributed by atoms with van der Waals surface area (Å²) in [6, 6.07) is 1.04. The van der Waals surface area contributed by atoms with Gasteiger partial charge in [-0.3, -0.25) is 0 Å². The van der Waals surface area contributed by atoms with Gasteiger partial charge in [-0.2, -0.15) is 0 Å². The maximum Gasteiger partial charge on any atom is 0.0621 e. The quantitative estimate of drug-likeness (QED) is 0.727. The Kier molecular flexibility index (Phi) is 3.59. The van der Waals surface area contributed by atoms with E-state index in [2.05, 4.69) is 39.9 Å². The molecule has 1 fully saturated rings. The minimum Gasteiger partial charge on any atom is -0.392 e. The van der Waals surface area contributed by atoms with E-state index in [9.17, 15) is 5.11 Å². The van der Waals surface area contributed by atoms with Gasteiger partial charge in [0.1, 0.15) is 0 Å². The number of rotatable bonds is 4. The molecule has 1 saturated carbocycles. The van der Waals surface area contributed by atoms with Crippen molar-refractivity contribution in [2.45, 2.75) is 65.6 Å². The van der Waals surface area contributed by atoms with Gasteiger partial charge in [-0.15, -0.1) is 0 Å². The molecular weight excluding hydrogens is 174 g/mol. The summed E-state index contributed by atoms with van der Waals surface area (Å²) in [7, 11) is 0. The summed E-state index contributed by atoms with van der Waals surface area (Å²) in [5.41, 5.74) is 0.0573. The lowest BCUT2D eigenvalue weighted by Gasteiger charge is -2.51. The third-order valence-corrected chi connectivity index (χ3v) is 4.18. The van der Waals surface area contributed by atoms with Crippen LogP contribution in [0.25, 0.3) is 0 Å². The van der Waals surface area contributed by atoms with E-state index in [0.29, 0.717) is 18.0 Å². The lowest BCUT2D eigenvalue weighted by atomic mass is 9.64. The van der Waals surface area contributed by atoms with Gasteiger partial charge < -0.3 is 10.4 Å². The van der Waals surface area contributed by atoms with Crippen LogP contribution in [-0.4, -0.2) is 23.3 Å². The average Bonchev–Trinajstić information content (AvgIpc) is 2.16. The van der Waals surface area contributed by atoms with Crippen LogP contribution in [0.4, 0.5) is 0 Å². The van der Waals surface area contributed by atoms with E-state index in [1.165, 1.54) is 6.42 Å². The zero-order chi connectivity index (χ0) is 10.9. The highest BCUT2D eigenvalue weighted by Crippen LogP contribution is 2.40. The normalized spacial score (nSPS) is 34.7. The van der Waals surface area contributed by atoms with Crippen LogP contribution in [0, 0.1) is 11.3 Å². The second kappa shape index (κ2) is 4.19. The van der Waals surface area contributed by atoms with Crippen LogP contribution in [0.5, 0.6) is 0 Å². The molecule has 1 aliphatic rings. The highest BCUT2D eigenvalue weighted by molar-refractivity contribution is 5.02. The molecule has 0 amide bonds. The van der Waals surface area contributed by atoms with E-state index >= 15 is 0 Å². The first-order chi connectivity index (χ1) is 6.39. The minimum atomic E-state index is -0.121. The molecule has 0 aromatic carbocycles. The Labute approximate surface area is 88.1 Å². The molecule has 0 aromatic rings. The van der Waals surface area contributed by atoms with Crippen molar-refractivity contribution >= 4 is 0 Å². The standard InChI is InChI=1S/C12H25NO/c1-6-8(2)9(3)13-10-7-11(14)12(10,4)5/h8-11,13-14H,6-7H2,1-5H3. The van der Waals surface area contributed by atoms with E-state index in [1.54, 1.807) is 0 Å². The van der Waals surface area contributed by atoms with Gasteiger partial charge in [0.05, 0.1) is 6.10 Å². The van der Waals surface area contributed by atoms with Gasteiger partial charge in [0.25, 0.3) is 0 Å². The summed E-state index contributed by atoms with van der Waals surface area (Å²) in [6.07, 6.45) is 2.00. The molecule has 2 N–H and O–H groups in total. The van der Waals surface area contributed by atoms with Crippen molar-refractivity contribution in [1.82, 2.24) is 5.32 Å². The molecule has 0 heterocycles. The number of nitrogens with one attached hydrogen (secondary N) is 1. The highest BCUT2D eigenvalue weighted by atomic mass is 16.3. The molecule has 14 heavy (non-hydrogen) atoms. The van der Waals surface area contributed by atoms with Crippen molar-refractivity contribution in [3.63, 3.8) is 0 Å². The van der Waals surface area contributed by atoms with Crippen LogP contribution in [0.1, 0.15) is 47.5 Å².